The van der Waals surface area contributed by atoms with Crippen molar-refractivity contribution in [2.75, 3.05) is 0 Å². The standard InChI is InChI=1S/C24H29Cl/c1-16(2)24(6,22-14-21(25)10-7-17(22)3)20-9-8-19-15-23(4,5)12-11-18(19)13-20/h7-10,13-14H,1,11-12,15H2,2-6H3. The monoisotopic (exact) mass is 352 g/mol. The summed E-state index contributed by atoms with van der Waals surface area (Å²) in [6.07, 6.45) is 3.59. The SMILES string of the molecule is C=C(C)C(C)(c1ccc2c(c1)CCC(C)(C)C2)c1cc(Cl)ccc1C. The topological polar surface area (TPSA) is 0 Å². The molecule has 3 rings (SSSR count). The number of allylic oxidation sites excluding steroid dienone is 1. The van der Waals surface area contributed by atoms with Gasteiger partial charge in [0.2, 0.25) is 0 Å². The third-order valence-electron chi connectivity index (χ3n) is 6.12. The number of hydrogen-bond donors (Lipinski definition) is 0. The second kappa shape index (κ2) is 6.32. The van der Waals surface area contributed by atoms with Crippen LogP contribution in [0.25, 0.3) is 0 Å². The fraction of sp³-hybridized carbons (Fsp3) is 0.417. The molecule has 25 heavy (non-hydrogen) atoms. The minimum atomic E-state index is -0.225. The molecular weight excluding hydrogens is 324 g/mol. The van der Waals surface area contributed by atoms with E-state index in [0.29, 0.717) is 5.41 Å². The van der Waals surface area contributed by atoms with E-state index in [1.54, 1.807) is 0 Å². The molecule has 2 aromatic carbocycles. The van der Waals surface area contributed by atoms with Gasteiger partial charge in [0.15, 0.2) is 0 Å². The average molecular weight is 353 g/mol. The molecule has 0 amide bonds. The highest BCUT2D eigenvalue weighted by Crippen LogP contribution is 2.43. The summed E-state index contributed by atoms with van der Waals surface area (Å²) in [5.74, 6) is 0. The van der Waals surface area contributed by atoms with Gasteiger partial charge in [0.25, 0.3) is 0 Å². The zero-order valence-electron chi connectivity index (χ0n) is 16.2. The van der Waals surface area contributed by atoms with E-state index in [4.69, 9.17) is 11.6 Å². The minimum Gasteiger partial charge on any atom is -0.0989 e. The second-order valence-electron chi connectivity index (χ2n) is 8.69. The summed E-state index contributed by atoms with van der Waals surface area (Å²) in [4.78, 5) is 0. The van der Waals surface area contributed by atoms with Gasteiger partial charge in [-0.15, -0.1) is 0 Å². The van der Waals surface area contributed by atoms with E-state index in [2.05, 4.69) is 71.5 Å². The first-order valence-electron chi connectivity index (χ1n) is 9.18. The van der Waals surface area contributed by atoms with Gasteiger partial charge in [0, 0.05) is 10.4 Å². The summed E-state index contributed by atoms with van der Waals surface area (Å²) in [6.45, 7) is 15.7. The van der Waals surface area contributed by atoms with Crippen LogP contribution in [0.2, 0.25) is 5.02 Å². The molecule has 1 aliphatic rings. The third kappa shape index (κ3) is 3.29. The maximum atomic E-state index is 6.33. The molecule has 0 radical (unpaired) electrons. The van der Waals surface area contributed by atoms with Gasteiger partial charge in [0.1, 0.15) is 0 Å². The van der Waals surface area contributed by atoms with Crippen LogP contribution in [0.15, 0.2) is 48.6 Å². The van der Waals surface area contributed by atoms with Crippen molar-refractivity contribution in [3.63, 3.8) is 0 Å². The zero-order valence-corrected chi connectivity index (χ0v) is 16.9. The summed E-state index contributed by atoms with van der Waals surface area (Å²) in [6, 6.07) is 13.2. The van der Waals surface area contributed by atoms with Crippen molar-refractivity contribution in [2.24, 2.45) is 5.41 Å². The minimum absolute atomic E-state index is 0.225. The van der Waals surface area contributed by atoms with Crippen LogP contribution in [0.4, 0.5) is 0 Å². The molecule has 0 heterocycles. The Balaban J connectivity index is 2.14. The van der Waals surface area contributed by atoms with Crippen LogP contribution >= 0.6 is 11.6 Å². The van der Waals surface area contributed by atoms with Crippen molar-refractivity contribution in [1.29, 1.82) is 0 Å². The number of aryl methyl sites for hydroxylation is 2. The molecule has 0 aliphatic heterocycles. The van der Waals surface area contributed by atoms with Gasteiger partial charge in [-0.25, -0.2) is 0 Å². The number of benzene rings is 2. The predicted octanol–water partition coefficient (Wildman–Crippen LogP) is 7.05. The summed E-state index contributed by atoms with van der Waals surface area (Å²) >= 11 is 6.33. The lowest BCUT2D eigenvalue weighted by Crippen LogP contribution is -2.27. The van der Waals surface area contributed by atoms with Gasteiger partial charge in [-0.2, -0.15) is 0 Å². The van der Waals surface area contributed by atoms with Crippen LogP contribution in [0.1, 0.15) is 61.9 Å². The van der Waals surface area contributed by atoms with Crippen LogP contribution in [-0.4, -0.2) is 0 Å². The highest BCUT2D eigenvalue weighted by atomic mass is 35.5. The predicted molar refractivity (Wildman–Crippen MR) is 110 cm³/mol. The maximum Gasteiger partial charge on any atom is 0.0409 e. The first-order valence-corrected chi connectivity index (χ1v) is 9.56. The van der Waals surface area contributed by atoms with Crippen molar-refractivity contribution in [2.45, 2.75) is 59.3 Å². The van der Waals surface area contributed by atoms with Crippen molar-refractivity contribution < 1.29 is 0 Å². The summed E-state index contributed by atoms with van der Waals surface area (Å²) < 4.78 is 0. The molecule has 132 valence electrons. The molecule has 1 atom stereocenters. The van der Waals surface area contributed by atoms with E-state index < -0.39 is 0 Å². The molecule has 0 fully saturated rings. The van der Waals surface area contributed by atoms with E-state index in [-0.39, 0.29) is 5.41 Å². The fourth-order valence-corrected chi connectivity index (χ4v) is 4.36. The molecule has 0 aromatic heterocycles. The molecule has 1 unspecified atom stereocenters. The molecule has 0 saturated carbocycles. The summed E-state index contributed by atoms with van der Waals surface area (Å²) in [7, 11) is 0. The van der Waals surface area contributed by atoms with Gasteiger partial charge < -0.3 is 0 Å². The van der Waals surface area contributed by atoms with Crippen LogP contribution in [0.3, 0.4) is 0 Å². The normalized spacial score (nSPS) is 18.3. The van der Waals surface area contributed by atoms with Crippen molar-refractivity contribution in [3.8, 4) is 0 Å². The molecular formula is C24H29Cl. The van der Waals surface area contributed by atoms with Crippen LogP contribution in [0.5, 0.6) is 0 Å². The highest BCUT2D eigenvalue weighted by molar-refractivity contribution is 6.30. The lowest BCUT2D eigenvalue weighted by molar-refractivity contribution is 0.315. The fourth-order valence-electron chi connectivity index (χ4n) is 4.18. The van der Waals surface area contributed by atoms with Crippen molar-refractivity contribution in [3.05, 3.63) is 81.4 Å². The Hall–Kier alpha value is -1.53. The Kier molecular flexibility index (Phi) is 4.62. The number of fused-ring (bicyclic) bond motifs is 1. The average Bonchev–Trinajstić information content (AvgIpc) is 2.55. The smallest absolute Gasteiger partial charge is 0.0409 e. The summed E-state index contributed by atoms with van der Waals surface area (Å²) in [5, 5.41) is 0.785. The Morgan fingerprint density at radius 3 is 2.52 bits per heavy atom. The van der Waals surface area contributed by atoms with Crippen molar-refractivity contribution >= 4 is 11.6 Å². The molecule has 1 aliphatic carbocycles. The van der Waals surface area contributed by atoms with Gasteiger partial charge in [0.05, 0.1) is 0 Å². The maximum absolute atomic E-state index is 6.33. The molecule has 1 heteroatoms. The number of hydrogen-bond acceptors (Lipinski definition) is 0. The van der Waals surface area contributed by atoms with Crippen LogP contribution in [-0.2, 0) is 18.3 Å². The first kappa shape index (κ1) is 18.3. The Morgan fingerprint density at radius 1 is 1.12 bits per heavy atom. The Morgan fingerprint density at radius 2 is 1.84 bits per heavy atom. The van der Waals surface area contributed by atoms with Crippen molar-refractivity contribution in [1.82, 2.24) is 0 Å². The number of halogens is 1. The first-order chi connectivity index (χ1) is 11.6. The Labute approximate surface area is 157 Å². The van der Waals surface area contributed by atoms with E-state index in [0.717, 1.165) is 17.0 Å². The largest absolute Gasteiger partial charge is 0.0989 e. The molecule has 0 nitrogen and oxygen atoms in total. The second-order valence-corrected chi connectivity index (χ2v) is 9.13. The van der Waals surface area contributed by atoms with E-state index in [9.17, 15) is 0 Å². The van der Waals surface area contributed by atoms with E-state index in [1.165, 1.54) is 40.7 Å². The molecule has 2 aromatic rings. The van der Waals surface area contributed by atoms with E-state index in [1.807, 2.05) is 6.07 Å². The lowest BCUT2D eigenvalue weighted by atomic mass is 9.68. The molecule has 0 bridgehead atoms. The van der Waals surface area contributed by atoms with Gasteiger partial charge in [-0.05, 0) is 85.4 Å². The summed E-state index contributed by atoms with van der Waals surface area (Å²) in [5.41, 5.74) is 8.18. The third-order valence-corrected chi connectivity index (χ3v) is 6.35. The molecule has 0 spiro atoms. The highest BCUT2D eigenvalue weighted by Gasteiger charge is 2.33. The van der Waals surface area contributed by atoms with Gasteiger partial charge >= 0.3 is 0 Å². The quantitative estimate of drug-likeness (QED) is 0.519. The van der Waals surface area contributed by atoms with Gasteiger partial charge in [-0.3, -0.25) is 0 Å². The van der Waals surface area contributed by atoms with Gasteiger partial charge in [-0.1, -0.05) is 61.9 Å². The zero-order chi connectivity index (χ0) is 18.4. The lowest BCUT2D eigenvalue weighted by Gasteiger charge is -2.36. The van der Waals surface area contributed by atoms with Crippen LogP contribution < -0.4 is 0 Å². The van der Waals surface area contributed by atoms with Crippen LogP contribution in [0, 0.1) is 12.3 Å². The van der Waals surface area contributed by atoms with E-state index >= 15 is 0 Å². The molecule has 0 N–H and O–H groups in total. The Bertz CT molecular complexity index is 828. The molecule has 0 saturated heterocycles. The number of rotatable bonds is 3.